The van der Waals surface area contributed by atoms with Crippen LogP contribution >= 0.6 is 0 Å². The molecule has 22 heavy (non-hydrogen) atoms. The predicted octanol–water partition coefficient (Wildman–Crippen LogP) is 1.91. The number of para-hydroxylation sites is 1. The van der Waals surface area contributed by atoms with E-state index in [1.54, 1.807) is 0 Å². The summed E-state index contributed by atoms with van der Waals surface area (Å²) in [6, 6.07) is 8.13. The van der Waals surface area contributed by atoms with E-state index in [9.17, 15) is 0 Å². The zero-order valence-corrected chi connectivity index (χ0v) is 12.5. The molecule has 0 radical (unpaired) electrons. The Bertz CT molecular complexity index is 660. The van der Waals surface area contributed by atoms with E-state index >= 15 is 0 Å². The van der Waals surface area contributed by atoms with Crippen LogP contribution in [0.25, 0.3) is 11.5 Å². The van der Waals surface area contributed by atoms with Crippen LogP contribution in [0.2, 0.25) is 0 Å². The average molecular weight is 300 g/mol. The zero-order chi connectivity index (χ0) is 15.0. The molecule has 4 rings (SSSR count). The van der Waals surface area contributed by atoms with E-state index in [0.29, 0.717) is 11.7 Å². The van der Waals surface area contributed by atoms with Crippen molar-refractivity contribution in [2.45, 2.75) is 24.8 Å². The lowest BCUT2D eigenvalue weighted by Gasteiger charge is -2.34. The Labute approximate surface area is 129 Å². The molecule has 0 spiro atoms. The first-order chi connectivity index (χ1) is 10.8. The Morgan fingerprint density at radius 3 is 2.64 bits per heavy atom. The Balaban J connectivity index is 1.67. The molecule has 1 saturated carbocycles. The van der Waals surface area contributed by atoms with Gasteiger partial charge in [0.2, 0.25) is 0 Å². The van der Waals surface area contributed by atoms with Crippen molar-refractivity contribution in [2.75, 3.05) is 31.2 Å². The Morgan fingerprint density at radius 2 is 1.91 bits per heavy atom. The molecule has 2 fully saturated rings. The number of hydrogen-bond acceptors (Lipinski definition) is 6. The maximum Gasteiger partial charge on any atom is 0.260 e. The van der Waals surface area contributed by atoms with Crippen molar-refractivity contribution in [3.05, 3.63) is 30.1 Å². The second-order valence-electron chi connectivity index (χ2n) is 6.05. The van der Waals surface area contributed by atoms with E-state index in [1.807, 2.05) is 18.2 Å². The second kappa shape index (κ2) is 5.37. The van der Waals surface area contributed by atoms with Crippen LogP contribution < -0.4 is 10.6 Å². The largest absolute Gasteiger partial charge is 0.378 e. The predicted molar refractivity (Wildman–Crippen MR) is 82.5 cm³/mol. The number of ether oxygens (including phenoxy) is 1. The van der Waals surface area contributed by atoms with Crippen LogP contribution in [0.15, 0.2) is 28.8 Å². The van der Waals surface area contributed by atoms with Gasteiger partial charge in [-0.3, -0.25) is 0 Å². The van der Waals surface area contributed by atoms with E-state index in [0.717, 1.165) is 56.8 Å². The Morgan fingerprint density at radius 1 is 1.14 bits per heavy atom. The van der Waals surface area contributed by atoms with E-state index in [4.69, 9.17) is 15.0 Å². The molecule has 2 N–H and O–H groups in total. The minimum Gasteiger partial charge on any atom is -0.378 e. The fraction of sp³-hybridized carbons (Fsp3) is 0.500. The molecule has 0 unspecified atom stereocenters. The fourth-order valence-corrected chi connectivity index (χ4v) is 3.05. The third kappa shape index (κ3) is 2.28. The van der Waals surface area contributed by atoms with Crippen LogP contribution in [0.4, 0.5) is 5.69 Å². The van der Waals surface area contributed by atoms with E-state index in [-0.39, 0.29) is 0 Å². The van der Waals surface area contributed by atoms with Gasteiger partial charge in [0, 0.05) is 18.8 Å². The van der Waals surface area contributed by atoms with Crippen LogP contribution in [-0.4, -0.2) is 36.4 Å². The molecule has 0 bridgehead atoms. The number of nitrogens with zero attached hydrogens (tertiary/aromatic N) is 3. The number of morpholine rings is 1. The van der Waals surface area contributed by atoms with E-state index in [1.165, 1.54) is 0 Å². The molecule has 1 aromatic heterocycles. The molecule has 1 aliphatic heterocycles. The van der Waals surface area contributed by atoms with Crippen LogP contribution in [0.5, 0.6) is 0 Å². The molecule has 116 valence electrons. The minimum absolute atomic E-state index is 0.393. The monoisotopic (exact) mass is 300 g/mol. The number of aromatic nitrogens is 2. The summed E-state index contributed by atoms with van der Waals surface area (Å²) in [6.45, 7) is 3.24. The molecule has 2 aliphatic rings. The zero-order valence-electron chi connectivity index (χ0n) is 12.5. The third-order valence-corrected chi connectivity index (χ3v) is 4.60. The lowest BCUT2D eigenvalue weighted by molar-refractivity contribution is 0.122. The summed E-state index contributed by atoms with van der Waals surface area (Å²) >= 11 is 0. The first-order valence-electron chi connectivity index (χ1n) is 7.81. The molecule has 6 nitrogen and oxygen atoms in total. The summed E-state index contributed by atoms with van der Waals surface area (Å²) in [4.78, 5) is 6.86. The van der Waals surface area contributed by atoms with Crippen LogP contribution in [0, 0.1) is 0 Å². The lowest BCUT2D eigenvalue weighted by Crippen LogP contribution is -2.44. The van der Waals surface area contributed by atoms with Gasteiger partial charge in [0.1, 0.15) is 0 Å². The van der Waals surface area contributed by atoms with Gasteiger partial charge in [0.25, 0.3) is 5.89 Å². The summed E-state index contributed by atoms with van der Waals surface area (Å²) in [5.74, 6) is 1.18. The molecule has 2 heterocycles. The van der Waals surface area contributed by atoms with Crippen molar-refractivity contribution in [1.82, 2.24) is 10.1 Å². The van der Waals surface area contributed by atoms with Gasteiger partial charge in [-0.2, -0.15) is 4.98 Å². The maximum atomic E-state index is 6.28. The molecule has 2 aromatic rings. The van der Waals surface area contributed by atoms with Crippen molar-refractivity contribution >= 4 is 5.69 Å². The van der Waals surface area contributed by atoms with Gasteiger partial charge in [-0.15, -0.1) is 0 Å². The third-order valence-electron chi connectivity index (χ3n) is 4.60. The molecule has 0 amide bonds. The molecule has 1 aromatic carbocycles. The van der Waals surface area contributed by atoms with Crippen molar-refractivity contribution in [2.24, 2.45) is 5.73 Å². The van der Waals surface area contributed by atoms with Crippen LogP contribution in [0.1, 0.15) is 25.1 Å². The summed E-state index contributed by atoms with van der Waals surface area (Å²) < 4.78 is 10.9. The second-order valence-corrected chi connectivity index (χ2v) is 6.05. The summed E-state index contributed by atoms with van der Waals surface area (Å²) in [7, 11) is 0. The van der Waals surface area contributed by atoms with Gasteiger partial charge >= 0.3 is 0 Å². The van der Waals surface area contributed by atoms with Gasteiger partial charge in [0.15, 0.2) is 5.82 Å². The van der Waals surface area contributed by atoms with Crippen molar-refractivity contribution in [3.63, 3.8) is 0 Å². The van der Waals surface area contributed by atoms with Crippen molar-refractivity contribution in [3.8, 4) is 11.5 Å². The highest BCUT2D eigenvalue weighted by molar-refractivity contribution is 5.73. The highest BCUT2D eigenvalue weighted by Crippen LogP contribution is 2.38. The number of hydrogen-bond donors (Lipinski definition) is 1. The molecule has 1 aliphatic carbocycles. The molecular formula is C16H20N4O2. The van der Waals surface area contributed by atoms with Crippen molar-refractivity contribution in [1.29, 1.82) is 0 Å². The van der Waals surface area contributed by atoms with Gasteiger partial charge in [-0.1, -0.05) is 17.3 Å². The Hall–Kier alpha value is -1.92. The Kier molecular flexibility index (Phi) is 3.35. The standard InChI is InChI=1S/C16H20N4O2/c17-16(6-3-7-16)15-18-14(22-19-15)12-4-1-2-5-13(12)20-8-10-21-11-9-20/h1-2,4-5H,3,6-11,17H2. The summed E-state index contributed by atoms with van der Waals surface area (Å²) in [5, 5.41) is 4.12. The SMILES string of the molecule is NC1(c2noc(-c3ccccc3N3CCOCC3)n2)CCC1. The summed E-state index contributed by atoms with van der Waals surface area (Å²) in [5.41, 5.74) is 7.97. The van der Waals surface area contributed by atoms with Gasteiger partial charge in [-0.25, -0.2) is 0 Å². The number of anilines is 1. The van der Waals surface area contributed by atoms with Gasteiger partial charge in [-0.05, 0) is 31.4 Å². The normalized spacial score (nSPS) is 20.7. The minimum atomic E-state index is -0.393. The van der Waals surface area contributed by atoms with Gasteiger partial charge in [0.05, 0.1) is 24.3 Å². The van der Waals surface area contributed by atoms with E-state index in [2.05, 4.69) is 21.1 Å². The smallest absolute Gasteiger partial charge is 0.260 e. The quantitative estimate of drug-likeness (QED) is 0.933. The molecule has 6 heteroatoms. The number of benzene rings is 1. The van der Waals surface area contributed by atoms with Crippen LogP contribution in [0.3, 0.4) is 0 Å². The summed E-state index contributed by atoms with van der Waals surface area (Å²) in [6.07, 6.45) is 2.99. The number of rotatable bonds is 3. The molecular weight excluding hydrogens is 280 g/mol. The fourth-order valence-electron chi connectivity index (χ4n) is 3.05. The first kappa shape index (κ1) is 13.7. The number of nitrogens with two attached hydrogens (primary N) is 1. The highest BCUT2D eigenvalue weighted by atomic mass is 16.5. The highest BCUT2D eigenvalue weighted by Gasteiger charge is 2.39. The van der Waals surface area contributed by atoms with Gasteiger partial charge < -0.3 is 19.9 Å². The van der Waals surface area contributed by atoms with Crippen molar-refractivity contribution < 1.29 is 9.26 Å². The van der Waals surface area contributed by atoms with Crippen LogP contribution in [-0.2, 0) is 10.3 Å². The first-order valence-corrected chi connectivity index (χ1v) is 7.81. The molecule has 1 saturated heterocycles. The van der Waals surface area contributed by atoms with E-state index < -0.39 is 5.54 Å². The lowest BCUT2D eigenvalue weighted by atomic mass is 9.77. The molecule has 0 atom stereocenters. The average Bonchev–Trinajstić information content (AvgIpc) is 3.04. The topological polar surface area (TPSA) is 77.4 Å². The maximum absolute atomic E-state index is 6.28.